The van der Waals surface area contributed by atoms with Gasteiger partial charge in [-0.15, -0.1) is 11.8 Å². The lowest BCUT2D eigenvalue weighted by Crippen LogP contribution is -2.13. The van der Waals surface area contributed by atoms with Crippen LogP contribution in [0.15, 0.2) is 42.5 Å². The van der Waals surface area contributed by atoms with Crippen molar-refractivity contribution in [3.63, 3.8) is 0 Å². The number of hydrogen-bond acceptors (Lipinski definition) is 3. The van der Waals surface area contributed by atoms with Crippen LogP contribution in [0.3, 0.4) is 0 Å². The van der Waals surface area contributed by atoms with E-state index < -0.39 is 0 Å². The Balaban J connectivity index is 1.99. The summed E-state index contributed by atoms with van der Waals surface area (Å²) in [7, 11) is 0. The molecule has 0 aliphatic heterocycles. The fraction of sp³-hybridized carbons (Fsp3) is 0.133. The third-order valence-electron chi connectivity index (χ3n) is 2.58. The molecule has 0 aliphatic carbocycles. The van der Waals surface area contributed by atoms with Crippen LogP contribution in [-0.2, 0) is 10.5 Å². The van der Waals surface area contributed by atoms with Crippen LogP contribution in [0, 0.1) is 0 Å². The number of thioether (sulfide) groups is 1. The lowest BCUT2D eigenvalue weighted by Gasteiger charge is -2.09. The summed E-state index contributed by atoms with van der Waals surface area (Å²) < 4.78 is 5.69. The summed E-state index contributed by atoms with van der Waals surface area (Å²) in [5, 5.41) is 0.842. The maximum Gasteiger partial charge on any atom is 0.227 e. The molecule has 0 heterocycles. The zero-order valence-electron chi connectivity index (χ0n) is 11.0. The number of rotatable bonds is 6. The highest BCUT2D eigenvalue weighted by atomic mass is 35.5. The summed E-state index contributed by atoms with van der Waals surface area (Å²) in [6, 6.07) is 12.8. The smallest absolute Gasteiger partial charge is 0.227 e. The third kappa shape index (κ3) is 4.84. The Labute approximate surface area is 137 Å². The second-order valence-electron chi connectivity index (χ2n) is 4.26. The van der Waals surface area contributed by atoms with Crippen LogP contribution in [0.2, 0.25) is 10.0 Å². The average Bonchev–Trinajstić information content (AvgIpc) is 2.45. The van der Waals surface area contributed by atoms with Gasteiger partial charge in [-0.3, -0.25) is 4.79 Å². The lowest BCUT2D eigenvalue weighted by molar-refractivity contribution is -0.115. The van der Waals surface area contributed by atoms with Crippen LogP contribution in [0.1, 0.15) is 5.56 Å². The van der Waals surface area contributed by atoms with Crippen molar-refractivity contribution in [2.45, 2.75) is 5.75 Å². The third-order valence-corrected chi connectivity index (χ3v) is 4.41. The number of carbonyl (C=O) groups is 1. The summed E-state index contributed by atoms with van der Waals surface area (Å²) in [6.07, 6.45) is 0. The molecule has 2 aromatic carbocycles. The van der Waals surface area contributed by atoms with Crippen LogP contribution >= 0.6 is 35.0 Å². The summed E-state index contributed by atoms with van der Waals surface area (Å²) in [4.78, 5) is 10.7. The molecule has 2 N–H and O–H groups in total. The van der Waals surface area contributed by atoms with Gasteiger partial charge in [0.15, 0.2) is 0 Å². The largest absolute Gasteiger partial charge is 0.456 e. The molecule has 0 aromatic heterocycles. The van der Waals surface area contributed by atoms with Crippen LogP contribution in [0.5, 0.6) is 11.5 Å². The molecular formula is C15H13Cl2NO2S. The van der Waals surface area contributed by atoms with E-state index >= 15 is 0 Å². The van der Waals surface area contributed by atoms with Crippen LogP contribution < -0.4 is 10.5 Å². The van der Waals surface area contributed by atoms with Gasteiger partial charge in [-0.1, -0.05) is 41.4 Å². The molecule has 2 aromatic rings. The lowest BCUT2D eigenvalue weighted by atomic mass is 10.2. The van der Waals surface area contributed by atoms with Crippen molar-refractivity contribution in [1.29, 1.82) is 0 Å². The predicted molar refractivity (Wildman–Crippen MR) is 88.3 cm³/mol. The van der Waals surface area contributed by atoms with Crippen molar-refractivity contribution in [2.24, 2.45) is 5.73 Å². The molecule has 0 saturated heterocycles. The molecule has 0 spiro atoms. The topological polar surface area (TPSA) is 52.3 Å². The van der Waals surface area contributed by atoms with Gasteiger partial charge in [0.05, 0.1) is 10.8 Å². The first kappa shape index (κ1) is 16.0. The van der Waals surface area contributed by atoms with E-state index in [9.17, 15) is 4.79 Å². The molecular weight excluding hydrogens is 329 g/mol. The fourth-order valence-electron chi connectivity index (χ4n) is 1.61. The second kappa shape index (κ2) is 7.59. The van der Waals surface area contributed by atoms with Gasteiger partial charge < -0.3 is 10.5 Å². The molecule has 110 valence electrons. The molecule has 0 unspecified atom stereocenters. The number of benzene rings is 2. The molecule has 0 fully saturated rings. The predicted octanol–water partition coefficient (Wildman–Crippen LogP) is 4.50. The highest BCUT2D eigenvalue weighted by molar-refractivity contribution is 7.99. The Morgan fingerprint density at radius 2 is 1.86 bits per heavy atom. The number of halogens is 2. The summed E-state index contributed by atoms with van der Waals surface area (Å²) in [5.74, 6) is 1.91. The van der Waals surface area contributed by atoms with E-state index in [0.29, 0.717) is 27.3 Å². The molecule has 1 amide bonds. The second-order valence-corrected chi connectivity index (χ2v) is 6.03. The number of ether oxygens (including phenoxy) is 1. The highest BCUT2D eigenvalue weighted by Gasteiger charge is 2.06. The Kier molecular flexibility index (Phi) is 5.79. The minimum atomic E-state index is -0.310. The number of carbonyl (C=O) groups excluding carboxylic acids is 1. The molecule has 0 radical (unpaired) electrons. The maximum atomic E-state index is 10.7. The normalized spacial score (nSPS) is 10.4. The van der Waals surface area contributed by atoms with Gasteiger partial charge in [0.2, 0.25) is 5.91 Å². The number of amides is 1. The maximum absolute atomic E-state index is 10.7. The molecule has 0 aliphatic rings. The van der Waals surface area contributed by atoms with E-state index in [1.165, 1.54) is 11.8 Å². The number of primary amides is 1. The Bertz CT molecular complexity index is 632. The van der Waals surface area contributed by atoms with Crippen molar-refractivity contribution in [1.82, 2.24) is 0 Å². The van der Waals surface area contributed by atoms with E-state index in [0.717, 1.165) is 11.3 Å². The summed E-state index contributed by atoms with van der Waals surface area (Å²) >= 11 is 13.5. The standard InChI is InChI=1S/C15H13Cl2NO2S/c16-12-2-1-3-13(15(12)17)20-11-6-4-10(5-7-11)8-21-9-14(18)19/h1-7H,8-9H2,(H2,18,19). The summed E-state index contributed by atoms with van der Waals surface area (Å²) in [5.41, 5.74) is 6.18. The number of hydrogen-bond donors (Lipinski definition) is 1. The van der Waals surface area contributed by atoms with Gasteiger partial charge in [-0.2, -0.15) is 0 Å². The zero-order valence-corrected chi connectivity index (χ0v) is 13.3. The monoisotopic (exact) mass is 341 g/mol. The minimum absolute atomic E-state index is 0.310. The van der Waals surface area contributed by atoms with E-state index in [1.54, 1.807) is 18.2 Å². The Morgan fingerprint density at radius 1 is 1.14 bits per heavy atom. The Hall–Kier alpha value is -1.36. The quantitative estimate of drug-likeness (QED) is 0.841. The van der Waals surface area contributed by atoms with E-state index in [-0.39, 0.29) is 5.91 Å². The first-order chi connectivity index (χ1) is 10.1. The van der Waals surface area contributed by atoms with Gasteiger partial charge in [0.25, 0.3) is 0 Å². The van der Waals surface area contributed by atoms with Crippen molar-refractivity contribution in [2.75, 3.05) is 5.75 Å². The van der Waals surface area contributed by atoms with Crippen molar-refractivity contribution in [3.05, 3.63) is 58.1 Å². The van der Waals surface area contributed by atoms with Gasteiger partial charge >= 0.3 is 0 Å². The summed E-state index contributed by atoms with van der Waals surface area (Å²) in [6.45, 7) is 0. The molecule has 2 rings (SSSR count). The molecule has 6 heteroatoms. The van der Waals surface area contributed by atoms with Gasteiger partial charge in [-0.25, -0.2) is 0 Å². The van der Waals surface area contributed by atoms with Gasteiger partial charge in [-0.05, 0) is 29.8 Å². The van der Waals surface area contributed by atoms with Crippen LogP contribution in [-0.4, -0.2) is 11.7 Å². The van der Waals surface area contributed by atoms with E-state index in [2.05, 4.69) is 0 Å². The van der Waals surface area contributed by atoms with Crippen molar-refractivity contribution >= 4 is 40.9 Å². The molecule has 21 heavy (non-hydrogen) atoms. The molecule has 3 nitrogen and oxygen atoms in total. The average molecular weight is 342 g/mol. The fourth-order valence-corrected chi connectivity index (χ4v) is 2.67. The van der Waals surface area contributed by atoms with Crippen LogP contribution in [0.4, 0.5) is 0 Å². The number of nitrogens with two attached hydrogens (primary N) is 1. The molecule has 0 atom stereocenters. The van der Waals surface area contributed by atoms with Gasteiger partial charge in [0.1, 0.15) is 16.5 Å². The van der Waals surface area contributed by atoms with Crippen molar-refractivity contribution < 1.29 is 9.53 Å². The van der Waals surface area contributed by atoms with E-state index in [1.807, 2.05) is 24.3 Å². The van der Waals surface area contributed by atoms with Crippen LogP contribution in [0.25, 0.3) is 0 Å². The minimum Gasteiger partial charge on any atom is -0.456 e. The Morgan fingerprint density at radius 3 is 2.52 bits per heavy atom. The van der Waals surface area contributed by atoms with E-state index in [4.69, 9.17) is 33.7 Å². The first-order valence-electron chi connectivity index (χ1n) is 6.13. The van der Waals surface area contributed by atoms with Crippen molar-refractivity contribution in [3.8, 4) is 11.5 Å². The first-order valence-corrected chi connectivity index (χ1v) is 8.04. The SMILES string of the molecule is NC(=O)CSCc1ccc(Oc2cccc(Cl)c2Cl)cc1. The highest BCUT2D eigenvalue weighted by Crippen LogP contribution is 2.34. The molecule has 0 bridgehead atoms. The zero-order chi connectivity index (χ0) is 15.2. The van der Waals surface area contributed by atoms with Gasteiger partial charge in [0, 0.05) is 5.75 Å². The molecule has 0 saturated carbocycles.